The molecule has 3 unspecified atom stereocenters. The lowest BCUT2D eigenvalue weighted by Gasteiger charge is -2.24. The van der Waals surface area contributed by atoms with Gasteiger partial charge in [0.25, 0.3) is 0 Å². The van der Waals surface area contributed by atoms with Crippen molar-refractivity contribution in [3.8, 4) is 0 Å². The summed E-state index contributed by atoms with van der Waals surface area (Å²) in [4.78, 5) is 0. The fraction of sp³-hybridized carbons (Fsp3) is 1.00. The van der Waals surface area contributed by atoms with Gasteiger partial charge in [-0.15, -0.1) is 0 Å². The van der Waals surface area contributed by atoms with Gasteiger partial charge in [0.05, 0.1) is 18.8 Å². The lowest BCUT2D eigenvalue weighted by atomic mass is 9.98. The fourth-order valence-electron chi connectivity index (χ4n) is 2.32. The van der Waals surface area contributed by atoms with Crippen molar-refractivity contribution in [3.05, 3.63) is 0 Å². The summed E-state index contributed by atoms with van der Waals surface area (Å²) >= 11 is 0. The highest BCUT2D eigenvalue weighted by atomic mass is 32.2. The predicted molar refractivity (Wildman–Crippen MR) is 79.8 cm³/mol. The fourth-order valence-corrected chi connectivity index (χ4v) is 3.01. The molecule has 4 nitrogen and oxygen atoms in total. The molecule has 0 aliphatic heterocycles. The molecule has 0 amide bonds. The quantitative estimate of drug-likeness (QED) is 0.675. The summed E-state index contributed by atoms with van der Waals surface area (Å²) in [6, 6.07) is 0.285. The SMILES string of the molecule is CC(CCS(C)=O)NCC(O)COC1CCCCC1. The molecule has 0 aromatic heterocycles. The van der Waals surface area contributed by atoms with Gasteiger partial charge in [-0.1, -0.05) is 19.3 Å². The Labute approximate surface area is 119 Å². The van der Waals surface area contributed by atoms with Crippen LogP contribution >= 0.6 is 0 Å². The molecule has 0 heterocycles. The summed E-state index contributed by atoms with van der Waals surface area (Å²) in [5.74, 6) is 0.711. The molecule has 0 aromatic rings. The van der Waals surface area contributed by atoms with Gasteiger partial charge in [0.2, 0.25) is 0 Å². The van der Waals surface area contributed by atoms with Gasteiger partial charge >= 0.3 is 0 Å². The minimum absolute atomic E-state index is 0.285. The van der Waals surface area contributed by atoms with Crippen molar-refractivity contribution >= 4 is 10.8 Å². The van der Waals surface area contributed by atoms with Gasteiger partial charge in [-0.3, -0.25) is 4.21 Å². The van der Waals surface area contributed by atoms with E-state index in [0.29, 0.717) is 25.0 Å². The number of aliphatic hydroxyl groups is 1. The third kappa shape index (κ3) is 8.74. The molecule has 3 atom stereocenters. The molecule has 2 N–H and O–H groups in total. The third-order valence-corrected chi connectivity index (χ3v) is 4.43. The maximum Gasteiger partial charge on any atom is 0.0897 e. The summed E-state index contributed by atoms with van der Waals surface area (Å²) in [5.41, 5.74) is 0. The van der Waals surface area contributed by atoms with Gasteiger partial charge < -0.3 is 15.2 Å². The molecule has 1 aliphatic rings. The smallest absolute Gasteiger partial charge is 0.0897 e. The second-order valence-electron chi connectivity index (χ2n) is 5.62. The van der Waals surface area contributed by atoms with Crippen molar-refractivity contribution in [2.45, 2.75) is 63.7 Å². The van der Waals surface area contributed by atoms with Crippen LogP contribution in [0, 0.1) is 0 Å². The van der Waals surface area contributed by atoms with E-state index in [-0.39, 0.29) is 6.04 Å². The van der Waals surface area contributed by atoms with Crippen LogP contribution in [0.1, 0.15) is 45.4 Å². The monoisotopic (exact) mass is 291 g/mol. The Bertz CT molecular complexity index is 257. The number of hydrogen-bond acceptors (Lipinski definition) is 4. The topological polar surface area (TPSA) is 58.6 Å². The largest absolute Gasteiger partial charge is 0.389 e. The van der Waals surface area contributed by atoms with Gasteiger partial charge in [-0.05, 0) is 26.2 Å². The number of ether oxygens (including phenoxy) is 1. The Hall–Kier alpha value is 0.0300. The molecule has 0 aromatic carbocycles. The van der Waals surface area contributed by atoms with Crippen molar-refractivity contribution in [1.82, 2.24) is 5.32 Å². The van der Waals surface area contributed by atoms with E-state index in [9.17, 15) is 9.32 Å². The zero-order chi connectivity index (χ0) is 14.1. The average Bonchev–Trinajstić information content (AvgIpc) is 2.41. The Morgan fingerprint density at radius 2 is 2.05 bits per heavy atom. The summed E-state index contributed by atoms with van der Waals surface area (Å²) in [7, 11) is -0.734. The van der Waals surface area contributed by atoms with Crippen molar-refractivity contribution < 1.29 is 14.1 Å². The van der Waals surface area contributed by atoms with Gasteiger partial charge in [0, 0.05) is 35.4 Å². The van der Waals surface area contributed by atoms with E-state index >= 15 is 0 Å². The Balaban J connectivity index is 2.03. The van der Waals surface area contributed by atoms with E-state index in [1.54, 1.807) is 6.26 Å². The Morgan fingerprint density at radius 3 is 2.68 bits per heavy atom. The highest BCUT2D eigenvalue weighted by Crippen LogP contribution is 2.20. The number of aliphatic hydroxyl groups excluding tert-OH is 1. The zero-order valence-electron chi connectivity index (χ0n) is 12.3. The van der Waals surface area contributed by atoms with E-state index in [0.717, 1.165) is 19.3 Å². The van der Waals surface area contributed by atoms with Gasteiger partial charge in [0.15, 0.2) is 0 Å². The van der Waals surface area contributed by atoms with Crippen molar-refractivity contribution in [2.75, 3.05) is 25.2 Å². The molecule has 19 heavy (non-hydrogen) atoms. The Kier molecular flexibility index (Phi) is 8.86. The zero-order valence-corrected chi connectivity index (χ0v) is 13.1. The first-order valence-corrected chi connectivity index (χ1v) is 9.13. The van der Waals surface area contributed by atoms with Gasteiger partial charge in [0.1, 0.15) is 0 Å². The second-order valence-corrected chi connectivity index (χ2v) is 7.18. The van der Waals surface area contributed by atoms with Crippen LogP contribution < -0.4 is 5.32 Å². The molecular formula is C14H29NO3S. The minimum Gasteiger partial charge on any atom is -0.389 e. The van der Waals surface area contributed by atoms with Crippen LogP contribution in [0.4, 0.5) is 0 Å². The molecule has 1 rings (SSSR count). The molecule has 0 saturated heterocycles. The van der Waals surface area contributed by atoms with E-state index in [2.05, 4.69) is 12.2 Å². The van der Waals surface area contributed by atoms with E-state index in [4.69, 9.17) is 4.74 Å². The van der Waals surface area contributed by atoms with Crippen LogP contribution in [0.2, 0.25) is 0 Å². The highest BCUT2D eigenvalue weighted by molar-refractivity contribution is 7.84. The molecule has 0 spiro atoms. The maximum absolute atomic E-state index is 11.0. The molecule has 1 saturated carbocycles. The van der Waals surface area contributed by atoms with Crippen LogP contribution in [0.15, 0.2) is 0 Å². The van der Waals surface area contributed by atoms with Crippen molar-refractivity contribution in [3.63, 3.8) is 0 Å². The maximum atomic E-state index is 11.0. The van der Waals surface area contributed by atoms with Crippen LogP contribution in [0.5, 0.6) is 0 Å². The average molecular weight is 291 g/mol. The first-order valence-electron chi connectivity index (χ1n) is 7.41. The summed E-state index contributed by atoms with van der Waals surface area (Å²) in [5, 5.41) is 13.1. The summed E-state index contributed by atoms with van der Waals surface area (Å²) in [6.45, 7) is 3.02. The van der Waals surface area contributed by atoms with Crippen LogP contribution in [-0.4, -0.2) is 52.7 Å². The minimum atomic E-state index is -0.734. The summed E-state index contributed by atoms with van der Waals surface area (Å²) in [6.07, 6.45) is 8.60. The summed E-state index contributed by atoms with van der Waals surface area (Å²) < 4.78 is 16.7. The molecule has 1 aliphatic carbocycles. The molecule has 0 radical (unpaired) electrons. The van der Waals surface area contributed by atoms with Crippen molar-refractivity contribution in [2.24, 2.45) is 0 Å². The first-order chi connectivity index (χ1) is 9.08. The molecule has 0 bridgehead atoms. The molecule has 114 valence electrons. The third-order valence-electron chi connectivity index (χ3n) is 3.62. The van der Waals surface area contributed by atoms with Gasteiger partial charge in [-0.25, -0.2) is 0 Å². The lowest BCUT2D eigenvalue weighted by Crippen LogP contribution is -2.37. The lowest BCUT2D eigenvalue weighted by molar-refractivity contribution is -0.0234. The Morgan fingerprint density at radius 1 is 1.37 bits per heavy atom. The number of nitrogens with one attached hydrogen (secondary N) is 1. The molecule has 5 heteroatoms. The normalized spacial score (nSPS) is 22.1. The van der Waals surface area contributed by atoms with Crippen molar-refractivity contribution in [1.29, 1.82) is 0 Å². The number of rotatable bonds is 9. The molecular weight excluding hydrogens is 262 g/mol. The second kappa shape index (κ2) is 9.86. The van der Waals surface area contributed by atoms with E-state index < -0.39 is 16.9 Å². The first kappa shape index (κ1) is 17.1. The van der Waals surface area contributed by atoms with E-state index in [1.165, 1.54) is 19.3 Å². The number of hydrogen-bond donors (Lipinski definition) is 2. The van der Waals surface area contributed by atoms with Gasteiger partial charge in [-0.2, -0.15) is 0 Å². The van der Waals surface area contributed by atoms with Crippen LogP contribution in [-0.2, 0) is 15.5 Å². The standard InChI is InChI=1S/C14H29NO3S/c1-12(8-9-19(2)17)15-10-13(16)11-18-14-6-4-3-5-7-14/h12-16H,3-11H2,1-2H3. The molecule has 1 fully saturated rings. The van der Waals surface area contributed by atoms with Crippen LogP contribution in [0.3, 0.4) is 0 Å². The highest BCUT2D eigenvalue weighted by Gasteiger charge is 2.15. The van der Waals surface area contributed by atoms with E-state index in [1.807, 2.05) is 0 Å². The van der Waals surface area contributed by atoms with Crippen LogP contribution in [0.25, 0.3) is 0 Å². The predicted octanol–water partition coefficient (Wildman–Crippen LogP) is 1.44.